The molecule has 8 nitrogen and oxygen atoms in total. The molecule has 166 valence electrons. The van der Waals surface area contributed by atoms with Crippen molar-refractivity contribution in [3.05, 3.63) is 59.9 Å². The molecule has 2 aliphatic rings. The van der Waals surface area contributed by atoms with Gasteiger partial charge in [0, 0.05) is 38.3 Å². The van der Waals surface area contributed by atoms with E-state index in [1.165, 1.54) is 0 Å². The molecule has 0 saturated carbocycles. The van der Waals surface area contributed by atoms with Crippen molar-refractivity contribution in [1.82, 2.24) is 19.8 Å². The second-order valence-corrected chi connectivity index (χ2v) is 8.45. The molecule has 2 aliphatic heterocycles. The third-order valence-electron chi connectivity index (χ3n) is 6.08. The number of aromatic nitrogens is 2. The number of carbonyl (C=O) groups is 2. The molecule has 2 fully saturated rings. The second-order valence-electron chi connectivity index (χ2n) is 8.45. The maximum Gasteiger partial charge on any atom is 0.229 e. The van der Waals surface area contributed by atoms with Crippen LogP contribution >= 0.6 is 0 Å². The number of nitrogens with zero attached hydrogens (tertiary/aromatic N) is 3. The van der Waals surface area contributed by atoms with Crippen LogP contribution in [0.15, 0.2) is 48.5 Å². The number of benzene rings is 2. The lowest BCUT2D eigenvalue weighted by Gasteiger charge is -2.25. The molecule has 32 heavy (non-hydrogen) atoms. The molecule has 2 aromatic carbocycles. The summed E-state index contributed by atoms with van der Waals surface area (Å²) in [5, 5.41) is 2.98. The lowest BCUT2D eigenvalue weighted by Crippen LogP contribution is -2.35. The minimum atomic E-state index is -0.347. The van der Waals surface area contributed by atoms with Crippen molar-refractivity contribution in [1.29, 1.82) is 0 Å². The van der Waals surface area contributed by atoms with Crippen LogP contribution in [0.1, 0.15) is 17.8 Å². The molecule has 2 saturated heterocycles. The largest absolute Gasteiger partial charge is 0.379 e. The molecule has 1 aromatic heterocycles. The minimum Gasteiger partial charge on any atom is -0.379 e. The Hall–Kier alpha value is -3.23. The first-order valence-corrected chi connectivity index (χ1v) is 11.1. The normalized spacial score (nSPS) is 19.6. The Morgan fingerprint density at radius 1 is 1.12 bits per heavy atom. The van der Waals surface area contributed by atoms with Crippen molar-refractivity contribution in [2.75, 3.05) is 38.2 Å². The highest BCUT2D eigenvalue weighted by atomic mass is 16.5. The fraction of sp³-hybridized carbons (Fsp3) is 0.375. The summed E-state index contributed by atoms with van der Waals surface area (Å²) in [6, 6.07) is 15.5. The Labute approximate surface area is 186 Å². The first-order chi connectivity index (χ1) is 15.6. The summed E-state index contributed by atoms with van der Waals surface area (Å²) in [5.74, 6) is 0.455. The Balaban J connectivity index is 1.21. The molecule has 3 aromatic rings. The molecular weight excluding hydrogens is 406 g/mol. The number of hydrogen-bond acceptors (Lipinski definition) is 5. The van der Waals surface area contributed by atoms with Gasteiger partial charge in [-0.05, 0) is 23.8 Å². The van der Waals surface area contributed by atoms with E-state index in [4.69, 9.17) is 4.74 Å². The Bertz CT molecular complexity index is 1110. The van der Waals surface area contributed by atoms with Gasteiger partial charge < -0.3 is 19.9 Å². The molecule has 1 atom stereocenters. The number of imidazole rings is 1. The number of amides is 2. The van der Waals surface area contributed by atoms with E-state index in [-0.39, 0.29) is 24.2 Å². The number of nitrogens with one attached hydrogen (secondary N) is 2. The van der Waals surface area contributed by atoms with E-state index in [1.54, 1.807) is 4.90 Å². The second kappa shape index (κ2) is 9.10. The zero-order valence-corrected chi connectivity index (χ0v) is 17.9. The number of H-pyrrole nitrogens is 1. The van der Waals surface area contributed by atoms with Crippen molar-refractivity contribution in [2.45, 2.75) is 19.5 Å². The fourth-order valence-electron chi connectivity index (χ4n) is 4.33. The SMILES string of the molecule is O=C(Nc1ccc2nc(CN3CCOCC3)[nH]c2c1)C1CC(=O)N(Cc2ccccc2)C1. The molecule has 3 heterocycles. The van der Waals surface area contributed by atoms with Gasteiger partial charge in [0.25, 0.3) is 0 Å². The summed E-state index contributed by atoms with van der Waals surface area (Å²) in [4.78, 5) is 37.3. The number of rotatable bonds is 6. The van der Waals surface area contributed by atoms with Crippen molar-refractivity contribution in [2.24, 2.45) is 5.92 Å². The monoisotopic (exact) mass is 433 g/mol. The zero-order chi connectivity index (χ0) is 21.9. The molecule has 2 amide bonds. The summed E-state index contributed by atoms with van der Waals surface area (Å²) >= 11 is 0. The van der Waals surface area contributed by atoms with E-state index in [0.29, 0.717) is 18.8 Å². The van der Waals surface area contributed by atoms with Gasteiger partial charge in [-0.3, -0.25) is 14.5 Å². The highest BCUT2D eigenvalue weighted by Crippen LogP contribution is 2.23. The van der Waals surface area contributed by atoms with Gasteiger partial charge in [-0.2, -0.15) is 0 Å². The Morgan fingerprint density at radius 3 is 2.75 bits per heavy atom. The predicted molar refractivity (Wildman–Crippen MR) is 121 cm³/mol. The molecule has 8 heteroatoms. The number of carbonyl (C=O) groups excluding carboxylic acids is 2. The summed E-state index contributed by atoms with van der Waals surface area (Å²) in [6.07, 6.45) is 0.245. The van der Waals surface area contributed by atoms with Gasteiger partial charge >= 0.3 is 0 Å². The summed E-state index contributed by atoms with van der Waals surface area (Å²) < 4.78 is 5.40. The van der Waals surface area contributed by atoms with Crippen molar-refractivity contribution in [3.8, 4) is 0 Å². The van der Waals surface area contributed by atoms with Crippen LogP contribution in [0.4, 0.5) is 5.69 Å². The number of morpholine rings is 1. The van der Waals surface area contributed by atoms with Gasteiger partial charge in [0.1, 0.15) is 5.82 Å². The number of anilines is 1. The van der Waals surface area contributed by atoms with Gasteiger partial charge in [0.15, 0.2) is 0 Å². The molecule has 5 rings (SSSR count). The highest BCUT2D eigenvalue weighted by Gasteiger charge is 2.34. The average molecular weight is 434 g/mol. The van der Waals surface area contributed by atoms with E-state index in [2.05, 4.69) is 20.2 Å². The van der Waals surface area contributed by atoms with Crippen LogP contribution in [0, 0.1) is 5.92 Å². The van der Waals surface area contributed by atoms with E-state index >= 15 is 0 Å². The van der Waals surface area contributed by atoms with Gasteiger partial charge in [-0.25, -0.2) is 4.98 Å². The summed E-state index contributed by atoms with van der Waals surface area (Å²) in [5.41, 5.74) is 3.54. The number of ether oxygens (including phenoxy) is 1. The molecule has 0 bridgehead atoms. The fourth-order valence-corrected chi connectivity index (χ4v) is 4.33. The van der Waals surface area contributed by atoms with Crippen molar-refractivity contribution in [3.63, 3.8) is 0 Å². The lowest BCUT2D eigenvalue weighted by atomic mass is 10.1. The van der Waals surface area contributed by atoms with Crippen LogP contribution in [0.25, 0.3) is 11.0 Å². The number of aromatic amines is 1. The van der Waals surface area contributed by atoms with Gasteiger partial charge in [-0.15, -0.1) is 0 Å². The average Bonchev–Trinajstić information content (AvgIpc) is 3.37. The molecule has 0 radical (unpaired) electrons. The third kappa shape index (κ3) is 4.66. The Kier molecular flexibility index (Phi) is 5.87. The molecule has 0 spiro atoms. The van der Waals surface area contributed by atoms with Crippen LogP contribution in [-0.2, 0) is 27.4 Å². The Morgan fingerprint density at radius 2 is 1.94 bits per heavy atom. The number of fused-ring (bicyclic) bond motifs is 1. The first-order valence-electron chi connectivity index (χ1n) is 11.1. The van der Waals surface area contributed by atoms with Crippen LogP contribution in [-0.4, -0.2) is 64.4 Å². The standard InChI is InChI=1S/C24H27N5O3/c30-23-12-18(15-29(23)14-17-4-2-1-3-5-17)24(31)25-19-6-7-20-21(13-19)27-22(26-20)16-28-8-10-32-11-9-28/h1-7,13,18H,8-12,14-16H2,(H,25,31)(H,26,27). The van der Waals surface area contributed by atoms with Crippen molar-refractivity contribution >= 4 is 28.5 Å². The topological polar surface area (TPSA) is 90.6 Å². The third-order valence-corrected chi connectivity index (χ3v) is 6.08. The zero-order valence-electron chi connectivity index (χ0n) is 17.9. The molecule has 2 N–H and O–H groups in total. The van der Waals surface area contributed by atoms with Gasteiger partial charge in [0.2, 0.25) is 11.8 Å². The maximum absolute atomic E-state index is 12.8. The summed E-state index contributed by atoms with van der Waals surface area (Å²) in [7, 11) is 0. The summed E-state index contributed by atoms with van der Waals surface area (Å²) in [6.45, 7) is 5.04. The smallest absolute Gasteiger partial charge is 0.229 e. The quantitative estimate of drug-likeness (QED) is 0.623. The van der Waals surface area contributed by atoms with Crippen LogP contribution < -0.4 is 5.32 Å². The van der Waals surface area contributed by atoms with E-state index < -0.39 is 0 Å². The van der Waals surface area contributed by atoms with E-state index in [9.17, 15) is 9.59 Å². The number of likely N-dealkylation sites (tertiary alicyclic amines) is 1. The highest BCUT2D eigenvalue weighted by molar-refractivity contribution is 5.98. The van der Waals surface area contributed by atoms with Crippen LogP contribution in [0.5, 0.6) is 0 Å². The van der Waals surface area contributed by atoms with Crippen LogP contribution in [0.2, 0.25) is 0 Å². The van der Waals surface area contributed by atoms with Crippen LogP contribution in [0.3, 0.4) is 0 Å². The van der Waals surface area contributed by atoms with Gasteiger partial charge in [-0.1, -0.05) is 30.3 Å². The molecule has 1 unspecified atom stereocenters. The lowest BCUT2D eigenvalue weighted by molar-refractivity contribution is -0.128. The van der Waals surface area contributed by atoms with E-state index in [1.807, 2.05) is 48.5 Å². The predicted octanol–water partition coefficient (Wildman–Crippen LogP) is 2.38. The molecule has 0 aliphatic carbocycles. The van der Waals surface area contributed by atoms with Gasteiger partial charge in [0.05, 0.1) is 36.7 Å². The van der Waals surface area contributed by atoms with Crippen molar-refractivity contribution < 1.29 is 14.3 Å². The molecular formula is C24H27N5O3. The van der Waals surface area contributed by atoms with E-state index in [0.717, 1.165) is 55.3 Å². The minimum absolute atomic E-state index is 0.0192. The number of hydrogen-bond donors (Lipinski definition) is 2. The first kappa shape index (κ1) is 20.7. The maximum atomic E-state index is 12.8.